The van der Waals surface area contributed by atoms with Crippen LogP contribution < -0.4 is 29.8 Å². The van der Waals surface area contributed by atoms with E-state index in [1.807, 2.05) is 0 Å². The van der Waals surface area contributed by atoms with E-state index >= 15 is 4.39 Å². The molecule has 0 radical (unpaired) electrons. The lowest BCUT2D eigenvalue weighted by Gasteiger charge is -2.31. The van der Waals surface area contributed by atoms with E-state index in [-0.39, 0.29) is 11.5 Å². The maximum Gasteiger partial charge on any atom is 0.587 e. The van der Waals surface area contributed by atoms with Gasteiger partial charge in [0.25, 0.3) is 12.0 Å². The maximum absolute atomic E-state index is 15.2. The highest BCUT2D eigenvalue weighted by atomic mass is 35.5. The van der Waals surface area contributed by atoms with Crippen molar-refractivity contribution in [3.8, 4) is 23.0 Å². The summed E-state index contributed by atoms with van der Waals surface area (Å²) in [6.45, 7) is -1.43. The van der Waals surface area contributed by atoms with Crippen LogP contribution in [0.1, 0.15) is 6.23 Å². The molecule has 4 atom stereocenters. The second-order valence-corrected chi connectivity index (χ2v) is 10.5. The van der Waals surface area contributed by atoms with Crippen molar-refractivity contribution in [2.24, 2.45) is 0 Å². The number of nitrogens with zero attached hydrogens (tertiary/aromatic N) is 1. The molecule has 0 spiro atoms. The zero-order chi connectivity index (χ0) is 29.9. The van der Waals surface area contributed by atoms with Crippen molar-refractivity contribution in [3.05, 3.63) is 80.6 Å². The summed E-state index contributed by atoms with van der Waals surface area (Å²) in [5.41, 5.74) is -5.44. The van der Waals surface area contributed by atoms with Gasteiger partial charge in [-0.05, 0) is 48.5 Å². The summed E-state index contributed by atoms with van der Waals surface area (Å²) >= 11 is 5.69. The predicted molar refractivity (Wildman–Crippen MR) is 137 cm³/mol. The lowest BCUT2D eigenvalue weighted by molar-refractivity contribution is -0.193. The summed E-state index contributed by atoms with van der Waals surface area (Å²) in [7, 11) is -2.05. The number of aliphatic hydroxyl groups excluding tert-OH is 1. The number of methoxy groups -OCH3 is 2. The highest BCUT2D eigenvalue weighted by Gasteiger charge is 2.62. The zero-order valence-electron chi connectivity index (χ0n) is 21.2. The summed E-state index contributed by atoms with van der Waals surface area (Å²) in [6, 6.07) is 11.1. The van der Waals surface area contributed by atoms with Crippen molar-refractivity contribution in [2.45, 2.75) is 30.5 Å². The molecule has 41 heavy (non-hydrogen) atoms. The minimum absolute atomic E-state index is 0.0858. The molecule has 3 aromatic rings. The lowest BCUT2D eigenvalue weighted by atomic mass is 9.97. The smallest absolute Gasteiger partial charge is 0.497 e. The van der Waals surface area contributed by atoms with Crippen LogP contribution in [-0.4, -0.2) is 59.8 Å². The fraction of sp³-hybridized carbons (Fsp3) is 0.333. The number of aromatic amines is 1. The van der Waals surface area contributed by atoms with Crippen LogP contribution in [0.4, 0.5) is 13.2 Å². The number of phosphoric acid groups is 1. The van der Waals surface area contributed by atoms with Crippen LogP contribution in [0.5, 0.6) is 23.0 Å². The quantitative estimate of drug-likeness (QED) is 0.303. The molecule has 2 heterocycles. The SMILES string of the molecule is COc1ccc(OP(=O)(OC[C@@]2(C(F)F)O[C@@H](n3cc(Cl)c(=O)[nH]c3=O)[C@H](F)[C@H]2O)Oc2ccc(OC)cc2)cc1. The van der Waals surface area contributed by atoms with E-state index in [1.54, 1.807) is 4.98 Å². The Morgan fingerprint density at radius 1 is 1.02 bits per heavy atom. The Hall–Kier alpha value is -3.49. The van der Waals surface area contributed by atoms with Gasteiger partial charge in [0.15, 0.2) is 18.0 Å². The molecule has 2 aromatic carbocycles. The van der Waals surface area contributed by atoms with Gasteiger partial charge in [-0.1, -0.05) is 11.6 Å². The van der Waals surface area contributed by atoms with Crippen molar-refractivity contribution in [1.82, 2.24) is 9.55 Å². The molecule has 222 valence electrons. The Bertz CT molecular complexity index is 1470. The first-order valence-electron chi connectivity index (χ1n) is 11.6. The Kier molecular flexibility index (Phi) is 9.04. The number of benzene rings is 2. The molecule has 0 saturated carbocycles. The summed E-state index contributed by atoms with van der Waals surface area (Å²) in [5, 5.41) is 9.96. The number of phosphoric ester groups is 1. The monoisotopic (exact) mass is 622 g/mol. The van der Waals surface area contributed by atoms with Crippen LogP contribution in [-0.2, 0) is 13.8 Å². The highest BCUT2D eigenvalue weighted by Crippen LogP contribution is 2.52. The van der Waals surface area contributed by atoms with Crippen LogP contribution in [0.25, 0.3) is 0 Å². The predicted octanol–water partition coefficient (Wildman–Crippen LogP) is 3.72. The van der Waals surface area contributed by atoms with E-state index in [4.69, 9.17) is 39.4 Å². The number of aromatic nitrogens is 2. The molecule has 0 aliphatic carbocycles. The number of H-pyrrole nitrogens is 1. The topological polar surface area (TPSA) is 148 Å². The van der Waals surface area contributed by atoms with E-state index < -0.39 is 61.2 Å². The van der Waals surface area contributed by atoms with Gasteiger partial charge in [0.05, 0.1) is 20.8 Å². The molecule has 1 saturated heterocycles. The summed E-state index contributed by atoms with van der Waals surface area (Å²) in [5.74, 6) is 0.663. The molecule has 0 bridgehead atoms. The van der Waals surface area contributed by atoms with E-state index in [0.717, 1.165) is 0 Å². The molecule has 1 aliphatic heterocycles. The fourth-order valence-corrected chi connectivity index (χ4v) is 5.21. The average molecular weight is 623 g/mol. The number of hydrogen-bond donors (Lipinski definition) is 2. The van der Waals surface area contributed by atoms with Gasteiger partial charge in [-0.3, -0.25) is 18.9 Å². The van der Waals surface area contributed by atoms with E-state index in [1.165, 1.54) is 62.8 Å². The number of rotatable bonds is 11. The van der Waals surface area contributed by atoms with Gasteiger partial charge >= 0.3 is 13.5 Å². The first-order valence-corrected chi connectivity index (χ1v) is 13.5. The molecule has 1 aliphatic rings. The Labute approximate surface area is 234 Å². The third kappa shape index (κ3) is 6.39. The molecule has 1 fully saturated rings. The normalized spacial score (nSPS) is 22.5. The summed E-state index contributed by atoms with van der Waals surface area (Å²) in [4.78, 5) is 25.6. The first kappa shape index (κ1) is 30.5. The Morgan fingerprint density at radius 3 is 1.98 bits per heavy atom. The number of alkyl halides is 3. The zero-order valence-corrected chi connectivity index (χ0v) is 22.9. The third-order valence-electron chi connectivity index (χ3n) is 5.98. The fourth-order valence-electron chi connectivity index (χ4n) is 3.79. The average Bonchev–Trinajstić information content (AvgIpc) is 3.21. The van der Waals surface area contributed by atoms with E-state index in [9.17, 15) is 28.0 Å². The number of hydrogen-bond acceptors (Lipinski definition) is 10. The van der Waals surface area contributed by atoms with Crippen molar-refractivity contribution in [2.75, 3.05) is 20.8 Å². The molecule has 17 heteroatoms. The van der Waals surface area contributed by atoms with E-state index in [2.05, 4.69) is 0 Å². The Morgan fingerprint density at radius 2 is 1.51 bits per heavy atom. The molecule has 2 N–H and O–H groups in total. The van der Waals surface area contributed by atoms with E-state index in [0.29, 0.717) is 22.3 Å². The molecular formula is C24H23ClF3N2O10P. The van der Waals surface area contributed by atoms with Gasteiger partial charge in [-0.15, -0.1) is 0 Å². The van der Waals surface area contributed by atoms with Gasteiger partial charge in [-0.2, -0.15) is 0 Å². The van der Waals surface area contributed by atoms with Crippen LogP contribution >= 0.6 is 19.4 Å². The second kappa shape index (κ2) is 12.2. The first-order chi connectivity index (χ1) is 19.4. The molecule has 0 unspecified atom stereocenters. The van der Waals surface area contributed by atoms with Crippen LogP contribution in [0.2, 0.25) is 5.02 Å². The molecular weight excluding hydrogens is 600 g/mol. The van der Waals surface area contributed by atoms with Crippen LogP contribution in [0.15, 0.2) is 64.3 Å². The molecule has 12 nitrogen and oxygen atoms in total. The third-order valence-corrected chi connectivity index (χ3v) is 7.57. The largest absolute Gasteiger partial charge is 0.587 e. The number of aliphatic hydroxyl groups is 1. The van der Waals surface area contributed by atoms with Gasteiger partial charge in [0.1, 0.15) is 34.1 Å². The standard InChI is InChI=1S/C24H23ClF3N2O10P/c1-35-13-3-7-15(8-4-13)39-41(34,40-16-9-5-14(36-2)6-10-16)37-12-24(22(27)28)19(31)18(26)21(38-24)30-11-17(25)20(32)29-23(30)33/h3-11,18-19,21-22,31H,12H2,1-2H3,(H,29,32,33)/t18-,19-,21-,24-/m1/s1. The lowest BCUT2D eigenvalue weighted by Crippen LogP contribution is -2.52. The molecule has 4 rings (SSSR count). The van der Waals surface area contributed by atoms with Gasteiger partial charge in [0.2, 0.25) is 0 Å². The minimum Gasteiger partial charge on any atom is -0.497 e. The number of halogens is 4. The summed E-state index contributed by atoms with van der Waals surface area (Å²) in [6.07, 6.45) is -10.4. The van der Waals surface area contributed by atoms with Crippen LogP contribution in [0, 0.1) is 0 Å². The highest BCUT2D eigenvalue weighted by molar-refractivity contribution is 7.49. The maximum atomic E-state index is 15.2. The molecule has 0 amide bonds. The van der Waals surface area contributed by atoms with Crippen molar-refractivity contribution in [1.29, 1.82) is 0 Å². The second-order valence-electron chi connectivity index (χ2n) is 8.55. The van der Waals surface area contributed by atoms with Crippen molar-refractivity contribution in [3.63, 3.8) is 0 Å². The number of nitrogens with one attached hydrogen (secondary N) is 1. The molecule has 1 aromatic heterocycles. The van der Waals surface area contributed by atoms with Crippen molar-refractivity contribution >= 4 is 19.4 Å². The number of ether oxygens (including phenoxy) is 3. The van der Waals surface area contributed by atoms with Crippen LogP contribution in [0.3, 0.4) is 0 Å². The minimum atomic E-state index is -4.87. The van der Waals surface area contributed by atoms with Gasteiger partial charge in [0, 0.05) is 6.20 Å². The summed E-state index contributed by atoms with van der Waals surface area (Å²) < 4.78 is 89.5. The van der Waals surface area contributed by atoms with Gasteiger partial charge < -0.3 is 28.4 Å². The Balaban J connectivity index is 1.65. The van der Waals surface area contributed by atoms with Gasteiger partial charge in [-0.25, -0.2) is 22.5 Å². The van der Waals surface area contributed by atoms with Crippen molar-refractivity contribution < 1.29 is 50.6 Å².